The van der Waals surface area contributed by atoms with Gasteiger partial charge in [-0.25, -0.2) is 9.36 Å². The highest BCUT2D eigenvalue weighted by atomic mass is 28.3. The van der Waals surface area contributed by atoms with Crippen LogP contribution in [0.1, 0.15) is 79.7 Å². The molecule has 0 saturated heterocycles. The maximum atomic E-state index is 13.4. The number of hydrogen-bond donors (Lipinski definition) is 4. The van der Waals surface area contributed by atoms with Gasteiger partial charge in [0.1, 0.15) is 13.5 Å². The lowest BCUT2D eigenvalue weighted by molar-refractivity contribution is -0.141. The van der Waals surface area contributed by atoms with Gasteiger partial charge in [-0.15, -0.1) is 0 Å². The average Bonchev–Trinajstić information content (AvgIpc) is 4.12. The number of ether oxygens (including phenoxy) is 2. The Morgan fingerprint density at radius 2 is 1.03 bits per heavy atom. The SMILES string of the molecule is Cc1nn(COCC[Si](C)(C)C)c(C)c1-c1ccc(CC(=O)[C@@H](N[B]C=O)C(C2CC2)C2CC2)cc1.Cc1nn(COCC[Si](C)(C)C)c(C)c1-c1ccc(N)cc1.O=C[B]N[C@H](C(=O)O)C(C1CC1)C1CC1. The van der Waals surface area contributed by atoms with Crippen molar-refractivity contribution in [1.82, 2.24) is 30.0 Å². The Balaban J connectivity index is 0.000000198. The van der Waals surface area contributed by atoms with Gasteiger partial charge in [0.2, 0.25) is 0 Å². The quantitative estimate of drug-likeness (QED) is 0.0183. The summed E-state index contributed by atoms with van der Waals surface area (Å²) in [5, 5.41) is 24.3. The third-order valence-corrected chi connectivity index (χ3v) is 18.1. The Kier molecular flexibility index (Phi) is 20.9. The number of Topliss-reactive ketones (excluding diaryl/α,β-unsaturated/α-hetero) is 1. The van der Waals surface area contributed by atoms with Crippen LogP contribution >= 0.6 is 0 Å². The fourth-order valence-electron chi connectivity index (χ4n) is 10.1. The second kappa shape index (κ2) is 26.3. The van der Waals surface area contributed by atoms with E-state index in [0.717, 1.165) is 102 Å². The first-order chi connectivity index (χ1) is 34.7. The van der Waals surface area contributed by atoms with Crippen LogP contribution in [0.4, 0.5) is 5.69 Å². The van der Waals surface area contributed by atoms with Crippen LogP contribution in [0.25, 0.3) is 22.3 Å². The molecule has 2 radical (unpaired) electrons. The number of rotatable bonds is 28. The first-order valence-corrected chi connectivity index (χ1v) is 34.1. The smallest absolute Gasteiger partial charge is 0.319 e. The third-order valence-electron chi connectivity index (χ3n) is 14.7. The van der Waals surface area contributed by atoms with Crippen molar-refractivity contribution in [2.75, 3.05) is 18.9 Å². The highest BCUT2D eigenvalue weighted by molar-refractivity contribution is 6.76. The molecule has 4 aliphatic carbocycles. The number of nitrogens with one attached hydrogen (secondary N) is 2. The number of aliphatic carboxylic acids is 1. The molecule has 5 N–H and O–H groups in total. The largest absolute Gasteiger partial charge is 0.480 e. The topological polar surface area (TPSA) is 193 Å². The Bertz CT molecular complexity index is 2410. The molecule has 2 aromatic heterocycles. The minimum atomic E-state index is -1.11. The predicted molar refractivity (Wildman–Crippen MR) is 300 cm³/mol. The van der Waals surface area contributed by atoms with Crippen molar-refractivity contribution in [3.05, 3.63) is 76.9 Å². The fraction of sp³-hybridized carbons (Fsp3) is 0.600. The van der Waals surface area contributed by atoms with E-state index < -0.39 is 28.2 Å². The van der Waals surface area contributed by atoms with Crippen molar-refractivity contribution in [2.45, 2.75) is 162 Å². The van der Waals surface area contributed by atoms with E-state index in [1.54, 1.807) is 0 Å². The lowest BCUT2D eigenvalue weighted by Crippen LogP contribution is -2.47. The number of carbonyl (C=O) groups excluding carboxylic acids is 3. The number of aromatic nitrogens is 4. The van der Waals surface area contributed by atoms with Gasteiger partial charge >= 0.3 is 5.97 Å². The van der Waals surface area contributed by atoms with Gasteiger partial charge < -0.3 is 40.4 Å². The second-order valence-electron chi connectivity index (χ2n) is 23.5. The van der Waals surface area contributed by atoms with E-state index in [-0.39, 0.29) is 17.7 Å². The molecule has 14 nitrogen and oxygen atoms in total. The average molecular weight is 1030 g/mol. The van der Waals surface area contributed by atoms with Crippen molar-refractivity contribution in [2.24, 2.45) is 35.5 Å². The summed E-state index contributed by atoms with van der Waals surface area (Å²) < 4.78 is 15.6. The summed E-state index contributed by atoms with van der Waals surface area (Å²) in [6.07, 6.45) is 11.1. The molecule has 394 valence electrons. The summed E-state index contributed by atoms with van der Waals surface area (Å²) in [6.45, 7) is 25.0. The number of benzene rings is 2. The second-order valence-corrected chi connectivity index (χ2v) is 34.7. The lowest BCUT2D eigenvalue weighted by Gasteiger charge is -2.27. The number of anilines is 1. The van der Waals surface area contributed by atoms with Crippen LogP contribution in [0.5, 0.6) is 0 Å². The van der Waals surface area contributed by atoms with E-state index in [9.17, 15) is 19.2 Å². The van der Waals surface area contributed by atoms with Crippen molar-refractivity contribution >= 4 is 60.8 Å². The Morgan fingerprint density at radius 3 is 1.38 bits per heavy atom. The van der Waals surface area contributed by atoms with Gasteiger partial charge in [0.15, 0.2) is 5.78 Å². The normalized spacial score (nSPS) is 16.5. The highest BCUT2D eigenvalue weighted by Gasteiger charge is 2.48. The van der Waals surface area contributed by atoms with Crippen LogP contribution < -0.4 is 16.2 Å². The maximum absolute atomic E-state index is 13.4. The summed E-state index contributed by atoms with van der Waals surface area (Å²) >= 11 is 0. The Morgan fingerprint density at radius 1 is 0.658 bits per heavy atom. The molecule has 0 bridgehead atoms. The molecule has 4 saturated carbocycles. The lowest BCUT2D eigenvalue weighted by atomic mass is 9.81. The number of ketones is 1. The molecule has 73 heavy (non-hydrogen) atoms. The number of carboxylic acids is 1. The Labute approximate surface area is 438 Å². The molecule has 2 aromatic carbocycles. The number of carboxylic acid groups (broad SMARTS) is 1. The number of aryl methyl sites for hydroxylation is 2. The van der Waals surface area contributed by atoms with Gasteiger partial charge in [-0.1, -0.05) is 75.7 Å². The molecular formula is C55H83B2N7O7Si2. The molecule has 2 heterocycles. The van der Waals surface area contributed by atoms with Crippen LogP contribution in [0.3, 0.4) is 0 Å². The summed E-state index contributed by atoms with van der Waals surface area (Å²) in [4.78, 5) is 45.7. The van der Waals surface area contributed by atoms with Gasteiger partial charge in [0.25, 0.3) is 14.8 Å². The van der Waals surface area contributed by atoms with E-state index >= 15 is 0 Å². The van der Waals surface area contributed by atoms with Gasteiger partial charge in [-0.05, 0) is 155 Å². The summed E-state index contributed by atoms with van der Waals surface area (Å²) in [7, 11) is 0.460. The van der Waals surface area contributed by atoms with Crippen molar-refractivity contribution < 1.29 is 33.8 Å². The van der Waals surface area contributed by atoms with Crippen LogP contribution in [-0.2, 0) is 48.5 Å². The molecule has 4 fully saturated rings. The molecule has 0 amide bonds. The van der Waals surface area contributed by atoms with E-state index in [0.29, 0.717) is 55.7 Å². The summed E-state index contributed by atoms with van der Waals surface area (Å²) in [5.74, 6) is 2.30. The third kappa shape index (κ3) is 17.8. The van der Waals surface area contributed by atoms with Gasteiger partial charge in [0.05, 0.1) is 35.8 Å². The van der Waals surface area contributed by atoms with Crippen molar-refractivity contribution in [3.63, 3.8) is 0 Å². The predicted octanol–water partition coefficient (Wildman–Crippen LogP) is 9.13. The molecule has 4 aliphatic rings. The number of nitrogen functional groups attached to an aromatic ring is 1. The maximum Gasteiger partial charge on any atom is 0.319 e. The molecule has 18 heteroatoms. The fourth-order valence-corrected chi connectivity index (χ4v) is 11.6. The number of nitrogens with zero attached hydrogens (tertiary/aromatic N) is 4. The molecule has 4 aromatic rings. The van der Waals surface area contributed by atoms with E-state index in [1.165, 1.54) is 52.1 Å². The van der Waals surface area contributed by atoms with Gasteiger partial charge in [-0.3, -0.25) is 9.59 Å². The zero-order valence-electron chi connectivity index (χ0n) is 45.4. The highest BCUT2D eigenvalue weighted by Crippen LogP contribution is 2.52. The van der Waals surface area contributed by atoms with Gasteiger partial charge in [0, 0.05) is 64.0 Å². The standard InChI is InChI=1S/C28H41BN3O3Si.C17H27N3OSi.C10H15BNO3/c1-19-26(20(2)32(31-19)18-35-14-15-36(3,4)5)22-8-6-21(7-9-22)16-25(34)28(30-29-17-33)27(23-10-11-23)24-12-13-24;1-13-17(15-6-8-16(18)9-7-15)14(2)20(19-13)12-21-10-11-22(3,4)5;13-5-11-12-9(10(14)15)8(6-1-2-6)7-3-4-7/h6-9,17,23-24,27-28,30H,10-16,18H2,1-5H3;6-9H,10-12,18H2,1-5H3;5-9,12H,1-4H2,(H,14,15)/t28-;;9-/m1.0/s1. The van der Waals surface area contributed by atoms with Crippen LogP contribution in [-0.4, -0.2) is 105 Å². The first kappa shape index (κ1) is 57.8. The molecule has 8 rings (SSSR count). The van der Waals surface area contributed by atoms with Crippen molar-refractivity contribution in [1.29, 1.82) is 0 Å². The van der Waals surface area contributed by atoms with Crippen LogP contribution in [0.2, 0.25) is 51.4 Å². The van der Waals surface area contributed by atoms with Crippen LogP contribution in [0, 0.1) is 63.2 Å². The number of nitrogens with two attached hydrogens (primary N) is 1. The minimum absolute atomic E-state index is 0.181. The van der Waals surface area contributed by atoms with E-state index in [1.807, 2.05) is 47.5 Å². The molecule has 2 atom stereocenters. The molecule has 0 aliphatic heterocycles. The minimum Gasteiger partial charge on any atom is -0.480 e. The number of carbonyl (C=O) groups is 4. The van der Waals surface area contributed by atoms with Crippen molar-refractivity contribution in [3.8, 4) is 22.3 Å². The molecule has 0 unspecified atom stereocenters. The summed E-state index contributed by atoms with van der Waals surface area (Å²) in [6, 6.07) is 17.7. The summed E-state index contributed by atoms with van der Waals surface area (Å²) in [5.41, 5.74) is 16.3. The van der Waals surface area contributed by atoms with Crippen LogP contribution in [0.15, 0.2) is 48.5 Å². The van der Waals surface area contributed by atoms with E-state index in [4.69, 9.17) is 25.4 Å². The number of hydrogen-bond acceptors (Lipinski definition) is 11. The van der Waals surface area contributed by atoms with Gasteiger partial charge in [-0.2, -0.15) is 10.2 Å². The zero-order valence-corrected chi connectivity index (χ0v) is 47.4. The van der Waals surface area contributed by atoms with E-state index in [2.05, 4.69) is 92.9 Å². The molecular weight excluding hydrogens is 948 g/mol. The zero-order chi connectivity index (χ0) is 53.0. The Hall–Kier alpha value is -4.46. The first-order valence-electron chi connectivity index (χ1n) is 26.7. The molecule has 0 spiro atoms. The monoisotopic (exact) mass is 1030 g/mol.